The molecule has 0 spiro atoms. The zero-order valence-electron chi connectivity index (χ0n) is 19.1. The summed E-state index contributed by atoms with van der Waals surface area (Å²) in [5.41, 5.74) is 7.19. The van der Waals surface area contributed by atoms with Crippen molar-refractivity contribution in [3.05, 3.63) is 54.6 Å². The first-order chi connectivity index (χ1) is 16.0. The lowest BCUT2D eigenvalue weighted by Crippen LogP contribution is -2.50. The fourth-order valence-electron chi connectivity index (χ4n) is 4.03. The van der Waals surface area contributed by atoms with Gasteiger partial charge in [-0.2, -0.15) is 0 Å². The van der Waals surface area contributed by atoms with E-state index in [-0.39, 0.29) is 29.8 Å². The largest absolute Gasteiger partial charge is 0.457 e. The molecule has 3 unspecified atom stereocenters. The van der Waals surface area contributed by atoms with E-state index >= 15 is 0 Å². The second-order valence-corrected chi connectivity index (χ2v) is 8.89. The van der Waals surface area contributed by atoms with Crippen molar-refractivity contribution in [1.29, 1.82) is 5.41 Å². The highest BCUT2D eigenvalue weighted by Gasteiger charge is 2.43. The Labute approximate surface area is 198 Å². The fraction of sp³-hybridized carbons (Fsp3) is 0.375. The van der Waals surface area contributed by atoms with Crippen LogP contribution in [0.2, 0.25) is 0 Å². The maximum absolute atomic E-state index is 12.6. The summed E-state index contributed by atoms with van der Waals surface area (Å²) < 4.78 is 5.91. The number of carbonyl (C=O) groups excluding carboxylic acids is 1. The molecule has 2 heterocycles. The Morgan fingerprint density at radius 3 is 2.42 bits per heavy atom. The first-order valence-corrected chi connectivity index (χ1v) is 12.2. The lowest BCUT2D eigenvalue weighted by Gasteiger charge is -2.36. The SMILES string of the molecule is CCN(CC)C(=O)CSC1=NC2NNC(C)C2C(=N)N1c1ccc(Oc2ccccc2)cc1. The van der Waals surface area contributed by atoms with Gasteiger partial charge in [0.15, 0.2) is 5.17 Å². The number of fused-ring (bicyclic) bond motifs is 1. The predicted molar refractivity (Wildman–Crippen MR) is 134 cm³/mol. The maximum atomic E-state index is 12.6. The molecule has 2 aliphatic heterocycles. The first kappa shape index (κ1) is 23.3. The van der Waals surface area contributed by atoms with E-state index in [0.29, 0.717) is 29.8 Å². The number of thioether (sulfide) groups is 1. The standard InChI is InChI=1S/C24H30N6O2S/c1-4-29(5-2)20(31)15-33-24-26-23-21(16(3)27-28-23)22(25)30(24)17-11-13-19(14-12-17)32-18-9-7-6-8-10-18/h6-14,16,21,23,25,27-28H,4-5,15H2,1-3H3. The number of hydrogen-bond donors (Lipinski definition) is 3. The van der Waals surface area contributed by atoms with E-state index in [0.717, 1.165) is 11.4 Å². The van der Waals surface area contributed by atoms with Crippen molar-refractivity contribution in [1.82, 2.24) is 15.8 Å². The third-order valence-corrected chi connectivity index (χ3v) is 6.79. The molecule has 174 valence electrons. The van der Waals surface area contributed by atoms with Gasteiger partial charge >= 0.3 is 0 Å². The number of nitrogens with zero attached hydrogens (tertiary/aromatic N) is 3. The van der Waals surface area contributed by atoms with E-state index in [9.17, 15) is 4.79 Å². The molecule has 1 saturated heterocycles. The van der Waals surface area contributed by atoms with Gasteiger partial charge in [0, 0.05) is 24.8 Å². The molecular formula is C24H30N6O2S. The monoisotopic (exact) mass is 466 g/mol. The molecule has 3 atom stereocenters. The third-order valence-electron chi connectivity index (χ3n) is 5.85. The van der Waals surface area contributed by atoms with Gasteiger partial charge in [0.05, 0.1) is 11.7 Å². The van der Waals surface area contributed by atoms with Crippen LogP contribution in [0.4, 0.5) is 5.69 Å². The van der Waals surface area contributed by atoms with Crippen LogP contribution in [0.25, 0.3) is 0 Å². The van der Waals surface area contributed by atoms with Gasteiger partial charge in [-0.15, -0.1) is 0 Å². The summed E-state index contributed by atoms with van der Waals surface area (Å²) in [6, 6.07) is 17.3. The summed E-state index contributed by atoms with van der Waals surface area (Å²) >= 11 is 1.37. The summed E-state index contributed by atoms with van der Waals surface area (Å²) in [4.78, 5) is 21.1. The second-order valence-electron chi connectivity index (χ2n) is 7.94. The van der Waals surface area contributed by atoms with Crippen molar-refractivity contribution >= 4 is 34.4 Å². The van der Waals surface area contributed by atoms with Crippen molar-refractivity contribution < 1.29 is 9.53 Å². The smallest absolute Gasteiger partial charge is 0.233 e. The maximum Gasteiger partial charge on any atom is 0.233 e. The summed E-state index contributed by atoms with van der Waals surface area (Å²) in [6.07, 6.45) is -0.226. The number of ether oxygens (including phenoxy) is 1. The van der Waals surface area contributed by atoms with E-state index in [2.05, 4.69) is 10.9 Å². The number of hydrogen-bond acceptors (Lipinski definition) is 7. The Kier molecular flexibility index (Phi) is 7.32. The van der Waals surface area contributed by atoms with E-state index in [1.807, 2.05) is 85.2 Å². The van der Waals surface area contributed by atoms with Crippen molar-refractivity contribution in [3.63, 3.8) is 0 Å². The number of aliphatic imine (C=N–C) groups is 1. The summed E-state index contributed by atoms with van der Waals surface area (Å²) in [5.74, 6) is 2.18. The van der Waals surface area contributed by atoms with Gasteiger partial charge in [-0.05, 0) is 57.2 Å². The number of para-hydroxylation sites is 1. The zero-order valence-corrected chi connectivity index (χ0v) is 19.9. The third kappa shape index (κ3) is 5.05. The number of rotatable bonds is 7. The van der Waals surface area contributed by atoms with Crippen LogP contribution in [-0.4, -0.2) is 52.9 Å². The molecule has 2 aromatic carbocycles. The molecule has 0 aliphatic carbocycles. The van der Waals surface area contributed by atoms with Gasteiger partial charge in [0.1, 0.15) is 23.5 Å². The quantitative estimate of drug-likeness (QED) is 0.577. The molecular weight excluding hydrogens is 436 g/mol. The number of hydrazine groups is 1. The van der Waals surface area contributed by atoms with Crippen molar-refractivity contribution in [2.24, 2.45) is 10.9 Å². The summed E-state index contributed by atoms with van der Waals surface area (Å²) in [6.45, 7) is 7.35. The minimum absolute atomic E-state index is 0.0679. The van der Waals surface area contributed by atoms with Gasteiger partial charge in [0.2, 0.25) is 5.91 Å². The Balaban J connectivity index is 1.57. The fourth-order valence-corrected chi connectivity index (χ4v) is 4.99. The van der Waals surface area contributed by atoms with Crippen molar-refractivity contribution in [3.8, 4) is 11.5 Å². The molecule has 0 bridgehead atoms. The second kappa shape index (κ2) is 10.4. The number of benzene rings is 2. The van der Waals surface area contributed by atoms with Crippen LogP contribution >= 0.6 is 11.8 Å². The van der Waals surface area contributed by atoms with Crippen LogP contribution in [0.1, 0.15) is 20.8 Å². The molecule has 0 saturated carbocycles. The van der Waals surface area contributed by atoms with Crippen LogP contribution in [-0.2, 0) is 4.79 Å². The minimum Gasteiger partial charge on any atom is -0.457 e. The van der Waals surface area contributed by atoms with Gasteiger partial charge in [-0.1, -0.05) is 30.0 Å². The molecule has 4 rings (SSSR count). The Hall–Kier alpha value is -2.88. The molecule has 9 heteroatoms. The molecule has 0 radical (unpaired) electrons. The summed E-state index contributed by atoms with van der Waals surface area (Å²) in [5, 5.41) is 9.61. The summed E-state index contributed by atoms with van der Waals surface area (Å²) in [7, 11) is 0. The van der Waals surface area contributed by atoms with Crippen LogP contribution < -0.4 is 20.5 Å². The zero-order chi connectivity index (χ0) is 23.4. The van der Waals surface area contributed by atoms with Crippen molar-refractivity contribution in [2.75, 3.05) is 23.7 Å². The highest BCUT2D eigenvalue weighted by molar-refractivity contribution is 8.14. The van der Waals surface area contributed by atoms with Gasteiger partial charge in [0.25, 0.3) is 0 Å². The molecule has 2 aromatic rings. The molecule has 1 fully saturated rings. The van der Waals surface area contributed by atoms with Crippen LogP contribution in [0.3, 0.4) is 0 Å². The lowest BCUT2D eigenvalue weighted by molar-refractivity contribution is -0.127. The van der Waals surface area contributed by atoms with Gasteiger partial charge in [-0.3, -0.25) is 20.5 Å². The number of nitrogens with one attached hydrogen (secondary N) is 3. The highest BCUT2D eigenvalue weighted by Crippen LogP contribution is 2.33. The molecule has 33 heavy (non-hydrogen) atoms. The van der Waals surface area contributed by atoms with Crippen LogP contribution in [0.15, 0.2) is 59.6 Å². The number of amidine groups is 2. The van der Waals surface area contributed by atoms with Crippen LogP contribution in [0.5, 0.6) is 11.5 Å². The Morgan fingerprint density at radius 1 is 1.09 bits per heavy atom. The minimum atomic E-state index is -0.226. The molecule has 3 N–H and O–H groups in total. The first-order valence-electron chi connectivity index (χ1n) is 11.2. The predicted octanol–water partition coefficient (Wildman–Crippen LogP) is 3.67. The highest BCUT2D eigenvalue weighted by atomic mass is 32.2. The molecule has 8 nitrogen and oxygen atoms in total. The van der Waals surface area contributed by atoms with E-state index in [1.54, 1.807) is 0 Å². The average molecular weight is 467 g/mol. The van der Waals surface area contributed by atoms with Crippen molar-refractivity contribution in [2.45, 2.75) is 33.0 Å². The Bertz CT molecular complexity index is 1010. The number of amides is 1. The number of carbonyl (C=O) groups is 1. The topological polar surface area (TPSA) is 93.1 Å². The Morgan fingerprint density at radius 2 is 1.76 bits per heavy atom. The molecule has 2 aliphatic rings. The van der Waals surface area contributed by atoms with Crippen LogP contribution in [0, 0.1) is 11.3 Å². The van der Waals surface area contributed by atoms with E-state index < -0.39 is 0 Å². The molecule has 0 aromatic heterocycles. The van der Waals surface area contributed by atoms with E-state index in [4.69, 9.17) is 15.1 Å². The average Bonchev–Trinajstić information content (AvgIpc) is 3.20. The number of anilines is 1. The van der Waals surface area contributed by atoms with Gasteiger partial charge < -0.3 is 9.64 Å². The molecule has 1 amide bonds. The normalized spacial score (nSPS) is 22.0. The lowest BCUT2D eigenvalue weighted by atomic mass is 9.97. The van der Waals surface area contributed by atoms with Gasteiger partial charge in [-0.25, -0.2) is 10.4 Å². The van der Waals surface area contributed by atoms with E-state index in [1.165, 1.54) is 11.8 Å².